The number of ether oxygens (including phenoxy) is 1. The summed E-state index contributed by atoms with van der Waals surface area (Å²) >= 11 is 0. The Morgan fingerprint density at radius 2 is 0.984 bits per heavy atom. The molecule has 0 bridgehead atoms. The van der Waals surface area contributed by atoms with Gasteiger partial charge in [0.15, 0.2) is 0 Å². The molecule has 3 heteroatoms. The maximum atomic E-state index is 6.78. The van der Waals surface area contributed by atoms with Crippen LogP contribution in [0.5, 0.6) is 11.5 Å². The van der Waals surface area contributed by atoms with E-state index < -0.39 is 5.41 Å². The molecule has 0 radical (unpaired) electrons. The molecule has 62 heavy (non-hydrogen) atoms. The highest BCUT2D eigenvalue weighted by molar-refractivity contribution is 6.11. The van der Waals surface area contributed by atoms with E-state index in [0.29, 0.717) is 0 Å². The zero-order chi connectivity index (χ0) is 40.8. The first-order valence-corrected chi connectivity index (χ1v) is 21.3. The van der Waals surface area contributed by atoms with Crippen molar-refractivity contribution >= 4 is 49.6 Å². The standard InChI is InChI=1S/C59H38N2O/c1-3-17-39(18-4-1)44-23-7-11-29-53(44)60(42-34-36-55-48(37-42)46-24-8-12-30-54(46)61(55)41-21-5-2-6-22-41)43-33-35-45-47-25-15-19-40-20-16-28-51(58(40)47)59(52(45)38-43)49-26-9-13-31-56(49)62-57-32-14-10-27-50(57)59/h1-38H. The number of aromatic nitrogens is 1. The summed E-state index contributed by atoms with van der Waals surface area (Å²) in [6.07, 6.45) is 0. The molecule has 2 aliphatic rings. The lowest BCUT2D eigenvalue weighted by molar-refractivity contribution is 0.435. The zero-order valence-electron chi connectivity index (χ0n) is 33.7. The normalized spacial score (nSPS) is 13.1. The lowest BCUT2D eigenvalue weighted by atomic mass is 9.58. The summed E-state index contributed by atoms with van der Waals surface area (Å²) in [5.41, 5.74) is 15.7. The van der Waals surface area contributed by atoms with E-state index in [1.54, 1.807) is 0 Å². The van der Waals surface area contributed by atoms with Gasteiger partial charge in [-0.1, -0.05) is 164 Å². The van der Waals surface area contributed by atoms with Gasteiger partial charge in [0, 0.05) is 44.5 Å². The minimum Gasteiger partial charge on any atom is -0.457 e. The van der Waals surface area contributed by atoms with Crippen LogP contribution in [0.15, 0.2) is 231 Å². The Balaban J connectivity index is 1.14. The molecule has 0 fully saturated rings. The molecule has 0 unspecified atom stereocenters. The molecule has 290 valence electrons. The summed E-state index contributed by atoms with van der Waals surface area (Å²) in [7, 11) is 0. The van der Waals surface area contributed by atoms with Crippen LogP contribution in [0.25, 0.3) is 60.5 Å². The Hall–Kier alpha value is -8.14. The van der Waals surface area contributed by atoms with Crippen molar-refractivity contribution in [1.29, 1.82) is 0 Å². The van der Waals surface area contributed by atoms with Gasteiger partial charge in [0.1, 0.15) is 11.5 Å². The van der Waals surface area contributed by atoms with Crippen molar-refractivity contribution in [3.63, 3.8) is 0 Å². The number of hydrogen-bond donors (Lipinski definition) is 0. The highest BCUT2D eigenvalue weighted by atomic mass is 16.5. The summed E-state index contributed by atoms with van der Waals surface area (Å²) < 4.78 is 9.17. The molecule has 1 aromatic heterocycles. The summed E-state index contributed by atoms with van der Waals surface area (Å²) in [6.45, 7) is 0. The van der Waals surface area contributed by atoms with Gasteiger partial charge in [-0.05, 0) is 105 Å². The van der Waals surface area contributed by atoms with Crippen LogP contribution in [0.1, 0.15) is 22.3 Å². The van der Waals surface area contributed by atoms with Crippen molar-refractivity contribution < 1.29 is 4.74 Å². The van der Waals surface area contributed by atoms with Gasteiger partial charge in [0.2, 0.25) is 0 Å². The molecule has 0 amide bonds. The molecule has 13 rings (SSSR count). The number of para-hydroxylation sites is 5. The number of fused-ring (bicyclic) bond motifs is 11. The highest BCUT2D eigenvalue weighted by Crippen LogP contribution is 2.62. The van der Waals surface area contributed by atoms with Crippen LogP contribution in [-0.2, 0) is 5.41 Å². The molecule has 0 saturated carbocycles. The Kier molecular flexibility index (Phi) is 7.52. The largest absolute Gasteiger partial charge is 0.457 e. The molecule has 3 nitrogen and oxygen atoms in total. The third kappa shape index (κ3) is 4.88. The fraction of sp³-hybridized carbons (Fsp3) is 0.0169. The van der Waals surface area contributed by atoms with Crippen LogP contribution in [0.4, 0.5) is 17.1 Å². The van der Waals surface area contributed by atoms with E-state index in [1.165, 1.54) is 54.8 Å². The molecule has 2 heterocycles. The topological polar surface area (TPSA) is 17.4 Å². The SMILES string of the molecule is c1ccc(-c2ccccc2N(c2ccc3c(c2)C2(c4ccccc4Oc4ccccc42)c2cccc4cccc-3c24)c2ccc3c(c2)c2ccccc2n3-c2ccccc2)cc1. The summed E-state index contributed by atoms with van der Waals surface area (Å²) in [5, 5.41) is 4.94. The first-order chi connectivity index (χ1) is 30.8. The summed E-state index contributed by atoms with van der Waals surface area (Å²) in [5.74, 6) is 1.76. The minimum absolute atomic E-state index is 0.664. The van der Waals surface area contributed by atoms with Crippen molar-refractivity contribution in [2.75, 3.05) is 4.90 Å². The van der Waals surface area contributed by atoms with Crippen molar-refractivity contribution in [2.45, 2.75) is 5.41 Å². The second-order valence-corrected chi connectivity index (χ2v) is 16.4. The fourth-order valence-corrected chi connectivity index (χ4v) is 10.7. The van der Waals surface area contributed by atoms with Crippen LogP contribution >= 0.6 is 0 Å². The van der Waals surface area contributed by atoms with E-state index in [-0.39, 0.29) is 0 Å². The maximum absolute atomic E-state index is 6.78. The summed E-state index contributed by atoms with van der Waals surface area (Å²) in [6, 6.07) is 84.1. The smallest absolute Gasteiger partial charge is 0.132 e. The monoisotopic (exact) mass is 790 g/mol. The minimum atomic E-state index is -0.664. The Morgan fingerprint density at radius 3 is 1.79 bits per heavy atom. The molecule has 0 saturated heterocycles. The molecular weight excluding hydrogens is 753 g/mol. The van der Waals surface area contributed by atoms with Crippen LogP contribution in [0.3, 0.4) is 0 Å². The van der Waals surface area contributed by atoms with Gasteiger partial charge in [0.25, 0.3) is 0 Å². The van der Waals surface area contributed by atoms with Crippen molar-refractivity contribution in [3.05, 3.63) is 253 Å². The van der Waals surface area contributed by atoms with Crippen LogP contribution in [-0.4, -0.2) is 4.57 Å². The van der Waals surface area contributed by atoms with E-state index in [0.717, 1.165) is 56.5 Å². The lowest BCUT2D eigenvalue weighted by Gasteiger charge is -2.45. The van der Waals surface area contributed by atoms with Gasteiger partial charge in [0.05, 0.1) is 22.1 Å². The Bertz CT molecular complexity index is 3520. The number of nitrogens with zero attached hydrogens (tertiary/aromatic N) is 2. The average Bonchev–Trinajstić information content (AvgIpc) is 3.67. The number of hydrogen-bond acceptors (Lipinski definition) is 2. The molecular formula is C59H38N2O. The number of anilines is 3. The Morgan fingerprint density at radius 1 is 0.387 bits per heavy atom. The molecule has 1 aliphatic heterocycles. The maximum Gasteiger partial charge on any atom is 0.132 e. The number of benzene rings is 10. The predicted octanol–water partition coefficient (Wildman–Crippen LogP) is 15.5. The molecule has 0 N–H and O–H groups in total. The van der Waals surface area contributed by atoms with E-state index >= 15 is 0 Å². The van der Waals surface area contributed by atoms with Gasteiger partial charge < -0.3 is 14.2 Å². The third-order valence-corrected chi connectivity index (χ3v) is 13.2. The van der Waals surface area contributed by atoms with E-state index in [4.69, 9.17) is 4.74 Å². The average molecular weight is 791 g/mol. The molecule has 10 aromatic carbocycles. The van der Waals surface area contributed by atoms with Crippen LogP contribution in [0, 0.1) is 0 Å². The zero-order valence-corrected chi connectivity index (χ0v) is 33.7. The third-order valence-electron chi connectivity index (χ3n) is 13.2. The molecule has 1 spiro atoms. The molecule has 0 atom stereocenters. The van der Waals surface area contributed by atoms with Crippen LogP contribution in [0.2, 0.25) is 0 Å². The van der Waals surface area contributed by atoms with E-state index in [9.17, 15) is 0 Å². The van der Waals surface area contributed by atoms with Gasteiger partial charge in [-0.2, -0.15) is 0 Å². The van der Waals surface area contributed by atoms with Crippen molar-refractivity contribution in [1.82, 2.24) is 4.57 Å². The van der Waals surface area contributed by atoms with Crippen molar-refractivity contribution in [3.8, 4) is 39.4 Å². The lowest BCUT2D eigenvalue weighted by Crippen LogP contribution is -2.36. The first kappa shape index (κ1) is 34.7. The van der Waals surface area contributed by atoms with Crippen LogP contribution < -0.4 is 9.64 Å². The van der Waals surface area contributed by atoms with Gasteiger partial charge in [-0.25, -0.2) is 0 Å². The van der Waals surface area contributed by atoms with Gasteiger partial charge >= 0.3 is 0 Å². The van der Waals surface area contributed by atoms with E-state index in [1.807, 2.05) is 0 Å². The Labute approximate surface area is 360 Å². The van der Waals surface area contributed by atoms with Gasteiger partial charge in [-0.3, -0.25) is 0 Å². The summed E-state index contributed by atoms with van der Waals surface area (Å²) in [4.78, 5) is 2.47. The molecule has 1 aliphatic carbocycles. The second-order valence-electron chi connectivity index (χ2n) is 16.4. The highest BCUT2D eigenvalue weighted by Gasteiger charge is 2.49. The quantitative estimate of drug-likeness (QED) is 0.173. The van der Waals surface area contributed by atoms with E-state index in [2.05, 4.69) is 240 Å². The predicted molar refractivity (Wildman–Crippen MR) is 256 cm³/mol. The first-order valence-electron chi connectivity index (χ1n) is 21.3. The fourth-order valence-electron chi connectivity index (χ4n) is 10.7. The van der Waals surface area contributed by atoms with Gasteiger partial charge in [-0.15, -0.1) is 0 Å². The molecule has 11 aromatic rings. The second kappa shape index (κ2) is 13.4. The number of rotatable bonds is 5. The van der Waals surface area contributed by atoms with Crippen molar-refractivity contribution in [2.24, 2.45) is 0 Å².